The summed E-state index contributed by atoms with van der Waals surface area (Å²) in [6.07, 6.45) is -20.9. The van der Waals surface area contributed by atoms with Gasteiger partial charge in [-0.1, -0.05) is 35.2 Å². The fraction of sp³-hybridized carbons (Fsp3) is 0.250. The van der Waals surface area contributed by atoms with E-state index in [1.807, 2.05) is 0 Å². The highest BCUT2D eigenvalue weighted by atomic mass is 19.4. The van der Waals surface area contributed by atoms with Crippen molar-refractivity contribution in [1.82, 2.24) is 0 Å². The maximum atomic E-state index is 12.8. The quantitative estimate of drug-likeness (QED) is 0.435. The minimum absolute atomic E-state index is 0.183. The normalized spacial score (nSPS) is 13.5. The van der Waals surface area contributed by atoms with Crippen molar-refractivity contribution in [2.75, 3.05) is 0 Å². The van der Waals surface area contributed by atoms with Crippen LogP contribution in [-0.2, 0) is 24.7 Å². The predicted octanol–water partition coefficient (Wildman–Crippen LogP) is 5.42. The van der Waals surface area contributed by atoms with Crippen molar-refractivity contribution in [3.05, 3.63) is 58.7 Å². The molecule has 0 fully saturated rings. The largest absolute Gasteiger partial charge is 0.416 e. The second-order valence-corrected chi connectivity index (χ2v) is 5.82. The molecule has 2 aromatic carbocycles. The maximum Gasteiger partial charge on any atom is 0.416 e. The van der Waals surface area contributed by atoms with Gasteiger partial charge in [0.25, 0.3) is 0 Å². The Labute approximate surface area is 155 Å². The molecule has 0 nitrogen and oxygen atoms in total. The molecule has 0 aliphatic rings. The fourth-order valence-corrected chi connectivity index (χ4v) is 2.32. The summed E-state index contributed by atoms with van der Waals surface area (Å²) in [5.41, 5.74) is -8.80. The second kappa shape index (κ2) is 7.17. The summed E-state index contributed by atoms with van der Waals surface area (Å²) in [6.45, 7) is 0. The van der Waals surface area contributed by atoms with Gasteiger partial charge in [-0.2, -0.15) is 52.7 Å². The van der Waals surface area contributed by atoms with Gasteiger partial charge < -0.3 is 0 Å². The van der Waals surface area contributed by atoms with Gasteiger partial charge in [-0.3, -0.25) is 0 Å². The van der Waals surface area contributed by atoms with Gasteiger partial charge in [0, 0.05) is 0 Å². The summed E-state index contributed by atoms with van der Waals surface area (Å²) in [6, 6.07) is 0.298. The Hall–Kier alpha value is -2.34. The Bertz CT molecular complexity index is 749. The van der Waals surface area contributed by atoms with Crippen LogP contribution < -0.4 is 10.9 Å². The van der Waals surface area contributed by atoms with Crippen LogP contribution in [-0.4, -0.2) is 7.28 Å². The molecule has 0 saturated heterocycles. The molecule has 0 N–H and O–H groups in total. The summed E-state index contributed by atoms with van der Waals surface area (Å²) in [5, 5.41) is 0. The standard InChI is InChI=1S/C16H6BF12/c18-13(19,20)7-1-8(14(21,22)23)4-11(3-7)17-12-5-9(15(24,25)26)2-10(6-12)16(27,28)29/h1-6H. The van der Waals surface area contributed by atoms with Crippen LogP contribution in [0.25, 0.3) is 0 Å². The zero-order valence-electron chi connectivity index (χ0n) is 13.6. The van der Waals surface area contributed by atoms with Gasteiger partial charge in [0.15, 0.2) is 7.28 Å². The molecule has 0 aliphatic heterocycles. The third kappa shape index (κ3) is 5.83. The van der Waals surface area contributed by atoms with Crippen LogP contribution in [0.15, 0.2) is 36.4 Å². The number of rotatable bonds is 2. The summed E-state index contributed by atoms with van der Waals surface area (Å²) in [5.74, 6) is 0. The molecule has 1 radical (unpaired) electrons. The van der Waals surface area contributed by atoms with Crippen LogP contribution in [0.5, 0.6) is 0 Å². The molecular formula is C16H6BF12. The average Bonchev–Trinajstić information content (AvgIpc) is 2.51. The fourth-order valence-electron chi connectivity index (χ4n) is 2.32. The lowest BCUT2D eigenvalue weighted by Gasteiger charge is -2.16. The first kappa shape index (κ1) is 22.9. The highest BCUT2D eigenvalue weighted by molar-refractivity contribution is 6.67. The third-order valence-electron chi connectivity index (χ3n) is 3.55. The van der Waals surface area contributed by atoms with Crippen LogP contribution in [0.4, 0.5) is 52.7 Å². The monoisotopic (exact) mass is 437 g/mol. The van der Waals surface area contributed by atoms with Gasteiger partial charge >= 0.3 is 24.7 Å². The SMILES string of the molecule is FC(F)(F)c1cc([B]c2cc(C(F)(F)F)cc(C(F)(F)F)c2)cc(C(F)(F)F)c1. The van der Waals surface area contributed by atoms with E-state index in [1.54, 1.807) is 0 Å². The number of halogens is 12. The summed E-state index contributed by atoms with van der Waals surface area (Å²) in [4.78, 5) is 0. The van der Waals surface area contributed by atoms with E-state index >= 15 is 0 Å². The summed E-state index contributed by atoms with van der Waals surface area (Å²) in [7, 11) is 0.370. The van der Waals surface area contributed by atoms with Gasteiger partial charge in [0.05, 0.1) is 22.3 Å². The minimum atomic E-state index is -5.23. The van der Waals surface area contributed by atoms with Crippen molar-refractivity contribution in [2.45, 2.75) is 24.7 Å². The van der Waals surface area contributed by atoms with E-state index in [2.05, 4.69) is 0 Å². The van der Waals surface area contributed by atoms with Crippen LogP contribution in [0, 0.1) is 0 Å². The lowest BCUT2D eigenvalue weighted by atomic mass is 9.62. The number of benzene rings is 2. The van der Waals surface area contributed by atoms with Crippen molar-refractivity contribution in [1.29, 1.82) is 0 Å². The van der Waals surface area contributed by atoms with E-state index in [1.165, 1.54) is 0 Å². The lowest BCUT2D eigenvalue weighted by molar-refractivity contribution is -0.144. The van der Waals surface area contributed by atoms with E-state index in [-0.39, 0.29) is 36.4 Å². The van der Waals surface area contributed by atoms with Crippen LogP contribution >= 0.6 is 0 Å². The van der Waals surface area contributed by atoms with E-state index in [9.17, 15) is 52.7 Å². The molecule has 157 valence electrons. The van der Waals surface area contributed by atoms with Gasteiger partial charge in [0.2, 0.25) is 0 Å². The van der Waals surface area contributed by atoms with Crippen LogP contribution in [0.2, 0.25) is 0 Å². The Kier molecular flexibility index (Phi) is 5.67. The van der Waals surface area contributed by atoms with Crippen molar-refractivity contribution in [2.24, 2.45) is 0 Å². The molecule has 0 atom stereocenters. The molecule has 2 aromatic rings. The van der Waals surface area contributed by atoms with Crippen molar-refractivity contribution < 1.29 is 52.7 Å². The zero-order valence-corrected chi connectivity index (χ0v) is 13.6. The Morgan fingerprint density at radius 2 is 0.586 bits per heavy atom. The molecule has 0 spiro atoms. The molecule has 2 rings (SSSR count). The number of alkyl halides is 12. The molecular weight excluding hydrogens is 431 g/mol. The molecule has 13 heteroatoms. The molecule has 0 unspecified atom stereocenters. The maximum absolute atomic E-state index is 12.8. The third-order valence-corrected chi connectivity index (χ3v) is 3.55. The topological polar surface area (TPSA) is 0 Å². The molecule has 0 amide bonds. The Morgan fingerprint density at radius 1 is 0.379 bits per heavy atom. The second-order valence-electron chi connectivity index (χ2n) is 5.82. The predicted molar refractivity (Wildman–Crippen MR) is 77.9 cm³/mol. The first-order chi connectivity index (χ1) is 12.9. The smallest absolute Gasteiger partial charge is 0.166 e. The molecule has 29 heavy (non-hydrogen) atoms. The van der Waals surface area contributed by atoms with E-state index in [4.69, 9.17) is 0 Å². The van der Waals surface area contributed by atoms with Crippen LogP contribution in [0.1, 0.15) is 22.3 Å². The first-order valence-corrected chi connectivity index (χ1v) is 7.31. The van der Waals surface area contributed by atoms with E-state index < -0.39 is 57.9 Å². The van der Waals surface area contributed by atoms with Crippen LogP contribution in [0.3, 0.4) is 0 Å². The zero-order chi connectivity index (χ0) is 22.4. The van der Waals surface area contributed by atoms with Crippen molar-refractivity contribution in [3.8, 4) is 0 Å². The summed E-state index contributed by atoms with van der Waals surface area (Å²) < 4.78 is 154. The Balaban J connectivity index is 2.61. The minimum Gasteiger partial charge on any atom is -0.166 e. The number of hydrogen-bond donors (Lipinski definition) is 0. The van der Waals surface area contributed by atoms with E-state index in [0.29, 0.717) is 7.28 Å². The van der Waals surface area contributed by atoms with Gasteiger partial charge in [-0.15, -0.1) is 0 Å². The highest BCUT2D eigenvalue weighted by Crippen LogP contribution is 2.36. The van der Waals surface area contributed by atoms with Gasteiger partial charge in [-0.25, -0.2) is 0 Å². The lowest BCUT2D eigenvalue weighted by Crippen LogP contribution is -2.31. The van der Waals surface area contributed by atoms with Crippen molar-refractivity contribution in [3.63, 3.8) is 0 Å². The first-order valence-electron chi connectivity index (χ1n) is 7.31. The van der Waals surface area contributed by atoms with Gasteiger partial charge in [-0.05, 0) is 12.1 Å². The van der Waals surface area contributed by atoms with E-state index in [0.717, 1.165) is 0 Å². The molecule has 0 aliphatic carbocycles. The molecule has 0 aromatic heterocycles. The summed E-state index contributed by atoms with van der Waals surface area (Å²) >= 11 is 0. The highest BCUT2D eigenvalue weighted by Gasteiger charge is 2.38. The molecule has 0 saturated carbocycles. The molecule has 0 bridgehead atoms. The average molecular weight is 437 g/mol. The van der Waals surface area contributed by atoms with Gasteiger partial charge in [0.1, 0.15) is 0 Å². The Morgan fingerprint density at radius 3 is 0.759 bits per heavy atom. The van der Waals surface area contributed by atoms with Crippen molar-refractivity contribution >= 4 is 18.2 Å². The number of hydrogen-bond acceptors (Lipinski definition) is 0. The molecule has 0 heterocycles.